The Kier molecular flexibility index (Phi) is 5.19. The van der Waals surface area contributed by atoms with Crippen LogP contribution in [0.25, 0.3) is 0 Å². The minimum atomic E-state index is 0.116. The van der Waals surface area contributed by atoms with E-state index in [2.05, 4.69) is 73.5 Å². The number of hydrogen-bond acceptors (Lipinski definition) is 2. The van der Waals surface area contributed by atoms with Crippen LogP contribution in [0.1, 0.15) is 30.5 Å². The molecule has 2 aromatic carbocycles. The van der Waals surface area contributed by atoms with Gasteiger partial charge in [-0.05, 0) is 30.0 Å². The fraction of sp³-hybridized carbons (Fsp3) is 0.333. The average Bonchev–Trinajstić information content (AvgIpc) is 2.52. The molecular weight excluding hydrogens is 244 g/mol. The molecule has 0 aliphatic rings. The molecule has 2 nitrogen and oxygen atoms in total. The van der Waals surface area contributed by atoms with Gasteiger partial charge in [-0.1, -0.05) is 55.5 Å². The minimum absolute atomic E-state index is 0.116. The molecule has 0 spiro atoms. The second kappa shape index (κ2) is 7.11. The van der Waals surface area contributed by atoms with Gasteiger partial charge in [0.25, 0.3) is 0 Å². The molecule has 0 heterocycles. The van der Waals surface area contributed by atoms with Crippen molar-refractivity contribution in [2.24, 2.45) is 5.73 Å². The molecule has 0 aliphatic heterocycles. The lowest BCUT2D eigenvalue weighted by atomic mass is 10.0. The number of rotatable bonds is 6. The van der Waals surface area contributed by atoms with Gasteiger partial charge in [-0.25, -0.2) is 0 Å². The third-order valence-electron chi connectivity index (χ3n) is 3.77. The molecule has 2 aromatic rings. The lowest BCUT2D eigenvalue weighted by Crippen LogP contribution is -2.23. The minimum Gasteiger partial charge on any atom is -0.374 e. The molecule has 0 amide bonds. The van der Waals surface area contributed by atoms with E-state index in [-0.39, 0.29) is 6.04 Å². The van der Waals surface area contributed by atoms with Crippen LogP contribution in [0.5, 0.6) is 0 Å². The number of nitrogens with two attached hydrogens (primary N) is 1. The number of anilines is 1. The van der Waals surface area contributed by atoms with Crippen molar-refractivity contribution in [3.63, 3.8) is 0 Å². The quantitative estimate of drug-likeness (QED) is 0.864. The zero-order valence-electron chi connectivity index (χ0n) is 12.4. The number of para-hydroxylation sites is 1. The highest BCUT2D eigenvalue weighted by molar-refractivity contribution is 5.54. The molecule has 2 rings (SSSR count). The Morgan fingerprint density at radius 3 is 2.35 bits per heavy atom. The summed E-state index contributed by atoms with van der Waals surface area (Å²) in [5, 5.41) is 0. The molecule has 2 N–H and O–H groups in total. The fourth-order valence-corrected chi connectivity index (χ4v) is 2.43. The van der Waals surface area contributed by atoms with Gasteiger partial charge >= 0.3 is 0 Å². The van der Waals surface area contributed by atoms with Crippen LogP contribution < -0.4 is 10.6 Å². The van der Waals surface area contributed by atoms with Gasteiger partial charge in [0.05, 0.1) is 0 Å². The highest BCUT2D eigenvalue weighted by atomic mass is 15.1. The predicted molar refractivity (Wildman–Crippen MR) is 87.1 cm³/mol. The SMILES string of the molecule is CC[C@H](N)c1ccccc1N(C)CCc1ccccc1. The summed E-state index contributed by atoms with van der Waals surface area (Å²) in [6.07, 6.45) is 2.01. The van der Waals surface area contributed by atoms with Crippen molar-refractivity contribution >= 4 is 5.69 Å². The van der Waals surface area contributed by atoms with Crippen molar-refractivity contribution in [1.82, 2.24) is 0 Å². The standard InChI is InChI=1S/C18H24N2/c1-3-17(19)16-11-7-8-12-18(16)20(2)14-13-15-9-5-4-6-10-15/h4-12,17H,3,13-14,19H2,1-2H3/t17-/m0/s1. The third-order valence-corrected chi connectivity index (χ3v) is 3.77. The van der Waals surface area contributed by atoms with Gasteiger partial charge < -0.3 is 10.6 Å². The lowest BCUT2D eigenvalue weighted by molar-refractivity contribution is 0.694. The maximum absolute atomic E-state index is 6.21. The molecule has 20 heavy (non-hydrogen) atoms. The molecular formula is C18H24N2. The summed E-state index contributed by atoms with van der Waals surface area (Å²) in [4.78, 5) is 2.30. The molecule has 0 aromatic heterocycles. The first-order chi connectivity index (χ1) is 9.72. The van der Waals surface area contributed by atoms with E-state index < -0.39 is 0 Å². The monoisotopic (exact) mass is 268 g/mol. The average molecular weight is 268 g/mol. The van der Waals surface area contributed by atoms with Crippen LogP contribution in [0.15, 0.2) is 54.6 Å². The van der Waals surface area contributed by atoms with E-state index in [1.165, 1.54) is 16.8 Å². The van der Waals surface area contributed by atoms with Crippen molar-refractivity contribution in [3.8, 4) is 0 Å². The molecule has 0 aliphatic carbocycles. The topological polar surface area (TPSA) is 29.3 Å². The molecule has 0 unspecified atom stereocenters. The van der Waals surface area contributed by atoms with Crippen LogP contribution in [-0.4, -0.2) is 13.6 Å². The van der Waals surface area contributed by atoms with Crippen LogP contribution in [0.2, 0.25) is 0 Å². The maximum Gasteiger partial charge on any atom is 0.0412 e. The van der Waals surface area contributed by atoms with Gasteiger partial charge in [0.1, 0.15) is 0 Å². The smallest absolute Gasteiger partial charge is 0.0412 e. The number of hydrogen-bond donors (Lipinski definition) is 1. The Labute approximate surface area is 122 Å². The Morgan fingerprint density at radius 2 is 1.65 bits per heavy atom. The van der Waals surface area contributed by atoms with Crippen molar-refractivity contribution in [2.75, 3.05) is 18.5 Å². The van der Waals surface area contributed by atoms with Crippen molar-refractivity contribution < 1.29 is 0 Å². The zero-order chi connectivity index (χ0) is 14.4. The van der Waals surface area contributed by atoms with Crippen molar-refractivity contribution in [1.29, 1.82) is 0 Å². The third kappa shape index (κ3) is 3.61. The molecule has 0 fully saturated rings. The molecule has 1 atom stereocenters. The van der Waals surface area contributed by atoms with Crippen molar-refractivity contribution in [2.45, 2.75) is 25.8 Å². The van der Waals surface area contributed by atoms with Gasteiger partial charge in [0.15, 0.2) is 0 Å². The van der Waals surface area contributed by atoms with Crippen LogP contribution in [0.4, 0.5) is 5.69 Å². The zero-order valence-corrected chi connectivity index (χ0v) is 12.4. The highest BCUT2D eigenvalue weighted by Gasteiger charge is 2.11. The summed E-state index contributed by atoms with van der Waals surface area (Å²) in [6.45, 7) is 3.13. The normalized spacial score (nSPS) is 12.2. The second-order valence-corrected chi connectivity index (χ2v) is 5.23. The van der Waals surface area contributed by atoms with Crippen LogP contribution in [0, 0.1) is 0 Å². The highest BCUT2D eigenvalue weighted by Crippen LogP contribution is 2.26. The first-order valence-electron chi connectivity index (χ1n) is 7.32. The maximum atomic E-state index is 6.21. The Bertz CT molecular complexity index is 522. The summed E-state index contributed by atoms with van der Waals surface area (Å²) in [5.74, 6) is 0. The van der Waals surface area contributed by atoms with E-state index in [9.17, 15) is 0 Å². The van der Waals surface area contributed by atoms with Gasteiger partial charge in [0, 0.05) is 25.3 Å². The lowest BCUT2D eigenvalue weighted by Gasteiger charge is -2.24. The molecule has 0 saturated carbocycles. The summed E-state index contributed by atoms with van der Waals surface area (Å²) in [6, 6.07) is 19.2. The predicted octanol–water partition coefficient (Wildman–Crippen LogP) is 3.78. The van der Waals surface area contributed by atoms with Crippen LogP contribution >= 0.6 is 0 Å². The summed E-state index contributed by atoms with van der Waals surface area (Å²) < 4.78 is 0. The Morgan fingerprint density at radius 1 is 1.00 bits per heavy atom. The summed E-state index contributed by atoms with van der Waals surface area (Å²) >= 11 is 0. The van der Waals surface area contributed by atoms with Gasteiger partial charge in [-0.3, -0.25) is 0 Å². The van der Waals surface area contributed by atoms with E-state index in [1.54, 1.807) is 0 Å². The molecule has 106 valence electrons. The van der Waals surface area contributed by atoms with E-state index >= 15 is 0 Å². The largest absolute Gasteiger partial charge is 0.374 e. The number of nitrogens with zero attached hydrogens (tertiary/aromatic N) is 1. The van der Waals surface area contributed by atoms with E-state index in [0.29, 0.717) is 0 Å². The van der Waals surface area contributed by atoms with E-state index in [1.807, 2.05) is 0 Å². The van der Waals surface area contributed by atoms with Crippen LogP contribution in [-0.2, 0) is 6.42 Å². The number of likely N-dealkylation sites (N-methyl/N-ethyl adjacent to an activating group) is 1. The summed E-state index contributed by atoms with van der Waals surface area (Å²) in [7, 11) is 2.14. The van der Waals surface area contributed by atoms with E-state index in [4.69, 9.17) is 5.73 Å². The molecule has 0 bridgehead atoms. The Balaban J connectivity index is 2.07. The van der Waals surface area contributed by atoms with E-state index in [0.717, 1.165) is 19.4 Å². The molecule has 2 heteroatoms. The fourth-order valence-electron chi connectivity index (χ4n) is 2.43. The second-order valence-electron chi connectivity index (χ2n) is 5.23. The van der Waals surface area contributed by atoms with Gasteiger partial charge in [0.2, 0.25) is 0 Å². The van der Waals surface area contributed by atoms with Crippen molar-refractivity contribution in [3.05, 3.63) is 65.7 Å². The van der Waals surface area contributed by atoms with Gasteiger partial charge in [-0.15, -0.1) is 0 Å². The first-order valence-corrected chi connectivity index (χ1v) is 7.32. The summed E-state index contributed by atoms with van der Waals surface area (Å²) in [5.41, 5.74) is 10.1. The van der Waals surface area contributed by atoms with Gasteiger partial charge in [-0.2, -0.15) is 0 Å². The number of benzene rings is 2. The Hall–Kier alpha value is -1.80. The molecule has 0 radical (unpaired) electrons. The van der Waals surface area contributed by atoms with Crippen LogP contribution in [0.3, 0.4) is 0 Å². The first kappa shape index (κ1) is 14.6. The molecule has 0 saturated heterocycles.